The largest absolute Gasteiger partial charge is 0.354 e. The molecule has 1 saturated heterocycles. The molecule has 0 spiro atoms. The van der Waals surface area contributed by atoms with E-state index in [-0.39, 0.29) is 6.04 Å². The maximum Gasteiger partial charge on any atom is 0.130 e. The van der Waals surface area contributed by atoms with Gasteiger partial charge in [0.1, 0.15) is 5.82 Å². The van der Waals surface area contributed by atoms with Crippen LogP contribution in [0.3, 0.4) is 0 Å². The molecule has 1 aromatic heterocycles. The summed E-state index contributed by atoms with van der Waals surface area (Å²) >= 11 is 0. The van der Waals surface area contributed by atoms with Crippen LogP contribution in [0.25, 0.3) is 0 Å². The molecule has 108 valence electrons. The number of anilines is 1. The van der Waals surface area contributed by atoms with E-state index in [4.69, 9.17) is 5.73 Å². The van der Waals surface area contributed by atoms with Crippen LogP contribution < -0.4 is 10.6 Å². The molecule has 1 aromatic rings. The average Bonchev–Trinajstić information content (AvgIpc) is 2.63. The quantitative estimate of drug-likeness (QED) is 0.908. The maximum atomic E-state index is 6.01. The van der Waals surface area contributed by atoms with Crippen molar-refractivity contribution in [3.63, 3.8) is 0 Å². The summed E-state index contributed by atoms with van der Waals surface area (Å²) in [6.45, 7) is 7.62. The molecule has 4 heteroatoms. The van der Waals surface area contributed by atoms with Gasteiger partial charge in [-0.25, -0.2) is 0 Å². The van der Waals surface area contributed by atoms with E-state index in [0.29, 0.717) is 6.04 Å². The normalized spacial score (nSPS) is 21.7. The van der Waals surface area contributed by atoms with Gasteiger partial charge in [-0.05, 0) is 46.0 Å². The first-order chi connectivity index (χ1) is 9.04. The van der Waals surface area contributed by atoms with E-state index < -0.39 is 0 Å². The first kappa shape index (κ1) is 14.4. The summed E-state index contributed by atoms with van der Waals surface area (Å²) in [5, 5.41) is 4.63. The Hall–Kier alpha value is -1.03. The van der Waals surface area contributed by atoms with Crippen LogP contribution in [0, 0.1) is 6.92 Å². The molecule has 0 aliphatic carbocycles. The van der Waals surface area contributed by atoms with Gasteiger partial charge < -0.3 is 10.6 Å². The number of hydrogen-bond donors (Lipinski definition) is 1. The van der Waals surface area contributed by atoms with Crippen molar-refractivity contribution < 1.29 is 0 Å². The Morgan fingerprint density at radius 3 is 2.79 bits per heavy atom. The lowest BCUT2D eigenvalue weighted by atomic mass is 9.98. The fourth-order valence-electron chi connectivity index (χ4n) is 3.31. The highest BCUT2D eigenvalue weighted by atomic mass is 15.4. The summed E-state index contributed by atoms with van der Waals surface area (Å²) in [5.41, 5.74) is 8.49. The van der Waals surface area contributed by atoms with Gasteiger partial charge in [0, 0.05) is 31.2 Å². The van der Waals surface area contributed by atoms with E-state index in [2.05, 4.69) is 42.5 Å². The van der Waals surface area contributed by atoms with Gasteiger partial charge in [-0.3, -0.25) is 4.68 Å². The Bertz CT molecular complexity index is 422. The molecule has 0 amide bonds. The third-order valence-electron chi connectivity index (χ3n) is 4.21. The van der Waals surface area contributed by atoms with Crippen molar-refractivity contribution in [2.45, 2.75) is 65.0 Å². The molecule has 0 saturated carbocycles. The summed E-state index contributed by atoms with van der Waals surface area (Å²) in [6.07, 6.45) is 6.08. The molecule has 4 nitrogen and oxygen atoms in total. The zero-order valence-corrected chi connectivity index (χ0v) is 12.8. The fraction of sp³-hybridized carbons (Fsp3) is 0.800. The van der Waals surface area contributed by atoms with E-state index in [9.17, 15) is 0 Å². The molecule has 2 rings (SSSR count). The number of hydrogen-bond acceptors (Lipinski definition) is 3. The van der Waals surface area contributed by atoms with Crippen molar-refractivity contribution in [2.75, 3.05) is 11.4 Å². The lowest BCUT2D eigenvalue weighted by Crippen LogP contribution is -2.41. The summed E-state index contributed by atoms with van der Waals surface area (Å²) < 4.78 is 2.06. The van der Waals surface area contributed by atoms with Crippen LogP contribution in [-0.4, -0.2) is 28.4 Å². The Labute approximate surface area is 117 Å². The van der Waals surface area contributed by atoms with E-state index in [1.54, 1.807) is 0 Å². The predicted molar refractivity (Wildman–Crippen MR) is 80.6 cm³/mol. The van der Waals surface area contributed by atoms with Gasteiger partial charge in [0.15, 0.2) is 0 Å². The Kier molecular flexibility index (Phi) is 4.50. The fourth-order valence-corrected chi connectivity index (χ4v) is 3.31. The first-order valence-electron chi connectivity index (χ1n) is 7.59. The minimum absolute atomic E-state index is 0.187. The van der Waals surface area contributed by atoms with Crippen molar-refractivity contribution >= 4 is 5.82 Å². The standard InChI is InChI=1S/C15H28N4/c1-5-13-8-6-7-9-19(13)15-14(10-11(2)16)12(3)17-18(15)4/h11,13H,5-10,16H2,1-4H3. The number of nitrogens with zero attached hydrogens (tertiary/aromatic N) is 3. The van der Waals surface area contributed by atoms with E-state index in [1.165, 1.54) is 37.1 Å². The highest BCUT2D eigenvalue weighted by Crippen LogP contribution is 2.31. The second-order valence-corrected chi connectivity index (χ2v) is 5.94. The molecule has 0 aromatic carbocycles. The van der Waals surface area contributed by atoms with Gasteiger partial charge in [0.2, 0.25) is 0 Å². The zero-order chi connectivity index (χ0) is 14.0. The van der Waals surface area contributed by atoms with Gasteiger partial charge in [-0.1, -0.05) is 6.92 Å². The third kappa shape index (κ3) is 2.94. The molecule has 2 heterocycles. The van der Waals surface area contributed by atoms with Gasteiger partial charge in [-0.2, -0.15) is 5.10 Å². The highest BCUT2D eigenvalue weighted by molar-refractivity contribution is 5.51. The molecular weight excluding hydrogens is 236 g/mol. The lowest BCUT2D eigenvalue weighted by molar-refractivity contribution is 0.439. The summed E-state index contributed by atoms with van der Waals surface area (Å²) in [7, 11) is 2.06. The number of aromatic nitrogens is 2. The maximum absolute atomic E-state index is 6.01. The Morgan fingerprint density at radius 2 is 2.16 bits per heavy atom. The van der Waals surface area contributed by atoms with Crippen LogP contribution in [0.2, 0.25) is 0 Å². The molecule has 2 atom stereocenters. The number of aryl methyl sites for hydroxylation is 2. The average molecular weight is 264 g/mol. The van der Waals surface area contributed by atoms with Crippen LogP contribution in [0.4, 0.5) is 5.82 Å². The smallest absolute Gasteiger partial charge is 0.130 e. The molecule has 19 heavy (non-hydrogen) atoms. The highest BCUT2D eigenvalue weighted by Gasteiger charge is 2.27. The van der Waals surface area contributed by atoms with Gasteiger partial charge in [0.25, 0.3) is 0 Å². The van der Waals surface area contributed by atoms with Crippen LogP contribution in [0.5, 0.6) is 0 Å². The van der Waals surface area contributed by atoms with E-state index in [0.717, 1.165) is 18.7 Å². The van der Waals surface area contributed by atoms with Crippen molar-refractivity contribution in [3.8, 4) is 0 Å². The molecule has 1 aliphatic heterocycles. The van der Waals surface area contributed by atoms with Crippen LogP contribution in [0.15, 0.2) is 0 Å². The van der Waals surface area contributed by atoms with Gasteiger partial charge >= 0.3 is 0 Å². The van der Waals surface area contributed by atoms with Crippen LogP contribution in [0.1, 0.15) is 50.8 Å². The molecule has 2 N–H and O–H groups in total. The predicted octanol–water partition coefficient (Wildman–Crippen LogP) is 2.39. The third-order valence-corrected chi connectivity index (χ3v) is 4.21. The minimum Gasteiger partial charge on any atom is -0.354 e. The minimum atomic E-state index is 0.187. The lowest BCUT2D eigenvalue weighted by Gasteiger charge is -2.37. The first-order valence-corrected chi connectivity index (χ1v) is 7.59. The summed E-state index contributed by atoms with van der Waals surface area (Å²) in [6, 6.07) is 0.849. The number of piperidine rings is 1. The molecule has 0 bridgehead atoms. The van der Waals surface area contributed by atoms with E-state index >= 15 is 0 Å². The topological polar surface area (TPSA) is 47.1 Å². The second-order valence-electron chi connectivity index (χ2n) is 5.94. The Morgan fingerprint density at radius 1 is 1.42 bits per heavy atom. The van der Waals surface area contributed by atoms with Crippen LogP contribution >= 0.6 is 0 Å². The van der Waals surface area contributed by atoms with Crippen molar-refractivity contribution in [3.05, 3.63) is 11.3 Å². The van der Waals surface area contributed by atoms with Gasteiger partial charge in [0.05, 0.1) is 5.69 Å². The number of rotatable bonds is 4. The molecular formula is C15H28N4. The van der Waals surface area contributed by atoms with Crippen molar-refractivity contribution in [2.24, 2.45) is 12.8 Å². The van der Waals surface area contributed by atoms with Crippen molar-refractivity contribution in [1.82, 2.24) is 9.78 Å². The zero-order valence-electron chi connectivity index (χ0n) is 12.8. The SMILES string of the molecule is CCC1CCCCN1c1c(CC(C)N)c(C)nn1C. The van der Waals surface area contributed by atoms with Crippen molar-refractivity contribution in [1.29, 1.82) is 0 Å². The molecule has 1 aliphatic rings. The summed E-state index contributed by atoms with van der Waals surface area (Å²) in [4.78, 5) is 2.57. The summed E-state index contributed by atoms with van der Waals surface area (Å²) in [5.74, 6) is 1.31. The van der Waals surface area contributed by atoms with Crippen LogP contribution in [-0.2, 0) is 13.5 Å². The molecule has 1 fully saturated rings. The second kappa shape index (κ2) is 5.95. The molecule has 0 radical (unpaired) electrons. The van der Waals surface area contributed by atoms with E-state index in [1.807, 2.05) is 0 Å². The molecule has 2 unspecified atom stereocenters. The number of nitrogens with two attached hydrogens (primary N) is 1. The monoisotopic (exact) mass is 264 g/mol. The Balaban J connectivity index is 2.36. The van der Waals surface area contributed by atoms with Gasteiger partial charge in [-0.15, -0.1) is 0 Å².